The summed E-state index contributed by atoms with van der Waals surface area (Å²) in [5.74, 6) is 1.18. The first-order valence-electron chi connectivity index (χ1n) is 5.70. The SMILES string of the molecule is COc1ccc(C(C)C)cc1C(C)(C)N=C=O. The molecule has 0 aromatic heterocycles. The molecule has 0 fully saturated rings. The highest BCUT2D eigenvalue weighted by molar-refractivity contribution is 5.45. The van der Waals surface area contributed by atoms with Crippen molar-refractivity contribution in [3.63, 3.8) is 0 Å². The summed E-state index contributed by atoms with van der Waals surface area (Å²) < 4.78 is 5.32. The lowest BCUT2D eigenvalue weighted by molar-refractivity contribution is 0.394. The molecule has 0 spiro atoms. The van der Waals surface area contributed by atoms with Crippen LogP contribution in [-0.4, -0.2) is 13.2 Å². The molecule has 0 aliphatic carbocycles. The molecule has 0 N–H and O–H groups in total. The van der Waals surface area contributed by atoms with Gasteiger partial charge >= 0.3 is 0 Å². The van der Waals surface area contributed by atoms with Gasteiger partial charge in [-0.25, -0.2) is 4.79 Å². The second kappa shape index (κ2) is 5.15. The molecular weight excluding hydrogens is 214 g/mol. The maximum Gasteiger partial charge on any atom is 0.235 e. The Balaban J connectivity index is 3.37. The van der Waals surface area contributed by atoms with Gasteiger partial charge in [0.15, 0.2) is 0 Å². The summed E-state index contributed by atoms with van der Waals surface area (Å²) in [6, 6.07) is 6.00. The first-order valence-corrected chi connectivity index (χ1v) is 5.70. The molecule has 0 aliphatic rings. The van der Waals surface area contributed by atoms with Crippen LogP contribution in [0.25, 0.3) is 0 Å². The van der Waals surface area contributed by atoms with E-state index >= 15 is 0 Å². The van der Waals surface area contributed by atoms with Gasteiger partial charge in [-0.3, -0.25) is 0 Å². The second-order valence-electron chi connectivity index (χ2n) is 4.88. The van der Waals surface area contributed by atoms with E-state index in [1.54, 1.807) is 13.2 Å². The molecule has 17 heavy (non-hydrogen) atoms. The van der Waals surface area contributed by atoms with E-state index in [4.69, 9.17) is 4.74 Å². The van der Waals surface area contributed by atoms with Crippen molar-refractivity contribution in [2.45, 2.75) is 39.2 Å². The quantitative estimate of drug-likeness (QED) is 0.590. The zero-order valence-corrected chi connectivity index (χ0v) is 11.1. The van der Waals surface area contributed by atoms with Gasteiger partial charge in [0.1, 0.15) is 5.75 Å². The van der Waals surface area contributed by atoms with Gasteiger partial charge in [-0.15, -0.1) is 0 Å². The molecule has 0 saturated heterocycles. The molecule has 0 aliphatic heterocycles. The Morgan fingerprint density at radius 3 is 2.47 bits per heavy atom. The Kier molecular flexibility index (Phi) is 4.08. The fraction of sp³-hybridized carbons (Fsp3) is 0.500. The number of hydrogen-bond acceptors (Lipinski definition) is 3. The molecule has 0 atom stereocenters. The van der Waals surface area contributed by atoms with E-state index in [9.17, 15) is 4.79 Å². The van der Waals surface area contributed by atoms with Crippen LogP contribution in [0.2, 0.25) is 0 Å². The highest BCUT2D eigenvalue weighted by Gasteiger charge is 2.24. The van der Waals surface area contributed by atoms with Crippen LogP contribution in [0.4, 0.5) is 0 Å². The second-order valence-corrected chi connectivity index (χ2v) is 4.88. The number of rotatable bonds is 4. The van der Waals surface area contributed by atoms with E-state index < -0.39 is 5.54 Å². The summed E-state index contributed by atoms with van der Waals surface area (Å²) in [6.45, 7) is 8.00. The summed E-state index contributed by atoms with van der Waals surface area (Å²) >= 11 is 0. The summed E-state index contributed by atoms with van der Waals surface area (Å²) in [4.78, 5) is 14.3. The van der Waals surface area contributed by atoms with Crippen LogP contribution in [0.3, 0.4) is 0 Å². The average molecular weight is 233 g/mol. The molecule has 92 valence electrons. The summed E-state index contributed by atoms with van der Waals surface area (Å²) in [6.07, 6.45) is 1.63. The third-order valence-corrected chi connectivity index (χ3v) is 2.87. The van der Waals surface area contributed by atoms with Gasteiger partial charge in [0.2, 0.25) is 6.08 Å². The molecule has 0 saturated carbocycles. The highest BCUT2D eigenvalue weighted by Crippen LogP contribution is 2.34. The van der Waals surface area contributed by atoms with Gasteiger partial charge < -0.3 is 4.74 Å². The standard InChI is InChI=1S/C14H19NO2/c1-10(2)11-6-7-13(17-5)12(8-11)14(3,4)15-9-16/h6-8,10H,1-5H3. The molecule has 0 amide bonds. The van der Waals surface area contributed by atoms with Crippen molar-refractivity contribution in [3.8, 4) is 5.75 Å². The van der Waals surface area contributed by atoms with Crippen molar-refractivity contribution in [2.75, 3.05) is 7.11 Å². The van der Waals surface area contributed by atoms with Gasteiger partial charge in [-0.1, -0.05) is 19.9 Å². The minimum atomic E-state index is -0.613. The molecule has 1 aromatic rings. The van der Waals surface area contributed by atoms with Gasteiger partial charge in [0.25, 0.3) is 0 Å². The minimum Gasteiger partial charge on any atom is -0.496 e. The average Bonchev–Trinajstić information content (AvgIpc) is 2.28. The largest absolute Gasteiger partial charge is 0.496 e. The van der Waals surface area contributed by atoms with Crippen molar-refractivity contribution in [3.05, 3.63) is 29.3 Å². The number of ether oxygens (including phenoxy) is 1. The van der Waals surface area contributed by atoms with Crippen molar-refractivity contribution in [1.82, 2.24) is 0 Å². The van der Waals surface area contributed by atoms with E-state index in [0.29, 0.717) is 5.92 Å². The lowest BCUT2D eigenvalue weighted by Gasteiger charge is -2.22. The number of aliphatic imine (C=N–C) groups is 1. The number of nitrogens with zero attached hydrogens (tertiary/aromatic N) is 1. The zero-order valence-electron chi connectivity index (χ0n) is 11.1. The van der Waals surface area contributed by atoms with Crippen LogP contribution in [0, 0.1) is 0 Å². The lowest BCUT2D eigenvalue weighted by Crippen LogP contribution is -2.15. The monoisotopic (exact) mass is 233 g/mol. The maximum atomic E-state index is 10.5. The van der Waals surface area contributed by atoms with Crippen molar-refractivity contribution < 1.29 is 9.53 Å². The van der Waals surface area contributed by atoms with Crippen LogP contribution < -0.4 is 4.74 Å². The Bertz CT molecular complexity index is 444. The first-order chi connectivity index (χ1) is 7.92. The van der Waals surface area contributed by atoms with Crippen LogP contribution in [0.1, 0.15) is 44.7 Å². The molecule has 0 radical (unpaired) electrons. The number of isocyanates is 1. The minimum absolute atomic E-state index is 0.427. The van der Waals surface area contributed by atoms with Crippen molar-refractivity contribution in [1.29, 1.82) is 0 Å². The van der Waals surface area contributed by atoms with Crippen LogP contribution >= 0.6 is 0 Å². The van der Waals surface area contributed by atoms with E-state index in [1.807, 2.05) is 32.0 Å². The Hall–Kier alpha value is -1.60. The van der Waals surface area contributed by atoms with E-state index in [2.05, 4.69) is 18.8 Å². The third kappa shape index (κ3) is 2.95. The van der Waals surface area contributed by atoms with Crippen molar-refractivity contribution in [2.24, 2.45) is 4.99 Å². The fourth-order valence-electron chi connectivity index (χ4n) is 1.74. The molecule has 0 unspecified atom stereocenters. The molecule has 3 nitrogen and oxygen atoms in total. The zero-order chi connectivity index (χ0) is 13.1. The first kappa shape index (κ1) is 13.5. The van der Waals surface area contributed by atoms with E-state index in [-0.39, 0.29) is 0 Å². The Morgan fingerprint density at radius 2 is 2.00 bits per heavy atom. The van der Waals surface area contributed by atoms with Gasteiger partial charge in [0.05, 0.1) is 12.6 Å². The number of carbonyl (C=O) groups excluding carboxylic acids is 1. The van der Waals surface area contributed by atoms with E-state index in [1.165, 1.54) is 5.56 Å². The normalized spacial score (nSPS) is 11.2. The third-order valence-electron chi connectivity index (χ3n) is 2.87. The maximum absolute atomic E-state index is 10.5. The number of hydrogen-bond donors (Lipinski definition) is 0. The fourth-order valence-corrected chi connectivity index (χ4v) is 1.74. The van der Waals surface area contributed by atoms with Gasteiger partial charge in [-0.05, 0) is 37.5 Å². The summed E-state index contributed by atoms with van der Waals surface area (Å²) in [5, 5.41) is 0. The molecular formula is C14H19NO2. The van der Waals surface area contributed by atoms with Crippen LogP contribution in [0.15, 0.2) is 23.2 Å². The Labute approximate surface area is 103 Å². The molecule has 0 bridgehead atoms. The predicted molar refractivity (Wildman–Crippen MR) is 68.2 cm³/mol. The Morgan fingerprint density at radius 1 is 1.35 bits per heavy atom. The highest BCUT2D eigenvalue weighted by atomic mass is 16.5. The van der Waals surface area contributed by atoms with Crippen LogP contribution in [-0.2, 0) is 10.3 Å². The number of methoxy groups -OCH3 is 1. The lowest BCUT2D eigenvalue weighted by atomic mass is 9.90. The number of benzene rings is 1. The molecule has 1 aromatic carbocycles. The molecule has 0 heterocycles. The van der Waals surface area contributed by atoms with Crippen molar-refractivity contribution >= 4 is 6.08 Å². The molecule has 3 heteroatoms. The smallest absolute Gasteiger partial charge is 0.235 e. The van der Waals surface area contributed by atoms with E-state index in [0.717, 1.165) is 11.3 Å². The summed E-state index contributed by atoms with van der Waals surface area (Å²) in [5.41, 5.74) is 1.50. The predicted octanol–water partition coefficient (Wildman–Crippen LogP) is 3.39. The molecule has 1 rings (SSSR count). The van der Waals surface area contributed by atoms with Gasteiger partial charge in [-0.2, -0.15) is 4.99 Å². The summed E-state index contributed by atoms with van der Waals surface area (Å²) in [7, 11) is 1.62. The van der Waals surface area contributed by atoms with Crippen LogP contribution in [0.5, 0.6) is 5.75 Å². The topological polar surface area (TPSA) is 38.7 Å². The van der Waals surface area contributed by atoms with Gasteiger partial charge in [0, 0.05) is 5.56 Å².